The fourth-order valence-electron chi connectivity index (χ4n) is 1.57. The van der Waals surface area contributed by atoms with Crippen molar-refractivity contribution >= 4 is 0 Å². The van der Waals surface area contributed by atoms with Gasteiger partial charge in [-0.15, -0.1) is 52.6 Å². The number of unbranched alkanes of at least 4 members (excludes halogenated alkanes) is 6. The van der Waals surface area contributed by atoms with E-state index in [0.717, 1.165) is 26.4 Å². The van der Waals surface area contributed by atoms with Gasteiger partial charge in [0.15, 0.2) is 0 Å². The SMILES string of the molecule is C.C.C.C.C.C=C.C=C.C=C.C=C.CCCCCCOCCCC.CCCCOCCCC. The Morgan fingerprint density at radius 3 is 0.758 bits per heavy atom. The number of hydrogen-bond donors (Lipinski definition) is 0. The Hall–Kier alpha value is -1.12. The van der Waals surface area contributed by atoms with E-state index in [-0.39, 0.29) is 37.1 Å². The lowest BCUT2D eigenvalue weighted by Gasteiger charge is -2.01. The van der Waals surface area contributed by atoms with Gasteiger partial charge in [-0.1, -0.05) is 103 Å². The van der Waals surface area contributed by atoms with Crippen LogP contribution in [-0.2, 0) is 9.47 Å². The Morgan fingerprint density at radius 1 is 0.333 bits per heavy atom. The molecule has 0 heterocycles. The summed E-state index contributed by atoms with van der Waals surface area (Å²) in [6.07, 6.45) is 12.6. The lowest BCUT2D eigenvalue weighted by Crippen LogP contribution is -1.96. The van der Waals surface area contributed by atoms with Gasteiger partial charge in [0.2, 0.25) is 0 Å². The van der Waals surface area contributed by atoms with E-state index in [1.807, 2.05) is 0 Å². The van der Waals surface area contributed by atoms with Crippen molar-refractivity contribution in [3.05, 3.63) is 52.6 Å². The highest BCUT2D eigenvalue weighted by Gasteiger charge is 1.88. The van der Waals surface area contributed by atoms with Crippen molar-refractivity contribution in [3.8, 4) is 0 Å². The van der Waals surface area contributed by atoms with Gasteiger partial charge in [-0.2, -0.15) is 0 Å². The minimum Gasteiger partial charge on any atom is -0.381 e. The number of hydrogen-bond acceptors (Lipinski definition) is 2. The van der Waals surface area contributed by atoms with Crippen molar-refractivity contribution in [2.24, 2.45) is 0 Å². The lowest BCUT2D eigenvalue weighted by atomic mass is 10.2. The van der Waals surface area contributed by atoms with Crippen LogP contribution in [0, 0.1) is 0 Å². The highest BCUT2D eigenvalue weighted by atomic mass is 16.5. The summed E-state index contributed by atoms with van der Waals surface area (Å²) in [5, 5.41) is 0. The Morgan fingerprint density at radius 2 is 0.545 bits per heavy atom. The van der Waals surface area contributed by atoms with E-state index in [2.05, 4.69) is 80.3 Å². The van der Waals surface area contributed by atoms with Crippen LogP contribution in [0.5, 0.6) is 0 Å². The zero-order chi connectivity index (χ0) is 23.3. The van der Waals surface area contributed by atoms with Gasteiger partial charge in [-0.05, 0) is 25.7 Å². The molecule has 0 atom stereocenters. The first kappa shape index (κ1) is 69.7. The molecule has 0 amide bonds. The predicted octanol–water partition coefficient (Wildman–Crippen LogP) is 12.4. The second-order valence-electron chi connectivity index (χ2n) is 5.35. The zero-order valence-electron chi connectivity index (χ0n) is 20.4. The predicted molar refractivity (Wildman–Crippen MR) is 169 cm³/mol. The van der Waals surface area contributed by atoms with Crippen molar-refractivity contribution in [2.45, 2.75) is 129 Å². The van der Waals surface area contributed by atoms with E-state index in [0.29, 0.717) is 0 Å². The molecule has 0 aliphatic rings. The van der Waals surface area contributed by atoms with Crippen molar-refractivity contribution in [3.63, 3.8) is 0 Å². The molecule has 0 saturated heterocycles. The molecule has 2 heteroatoms. The summed E-state index contributed by atoms with van der Waals surface area (Å²) in [6, 6.07) is 0. The van der Waals surface area contributed by atoms with Crippen LogP contribution in [-0.4, -0.2) is 26.4 Å². The third-order valence-electron chi connectivity index (χ3n) is 3.07. The van der Waals surface area contributed by atoms with E-state index >= 15 is 0 Å². The molecule has 0 bridgehead atoms. The zero-order valence-corrected chi connectivity index (χ0v) is 20.4. The second-order valence-corrected chi connectivity index (χ2v) is 5.35. The third-order valence-corrected chi connectivity index (χ3v) is 3.07. The van der Waals surface area contributed by atoms with Crippen LogP contribution in [0.4, 0.5) is 0 Å². The fraction of sp³-hybridized carbons (Fsp3) is 0.742. The normalized spacial score (nSPS) is 6.67. The van der Waals surface area contributed by atoms with Gasteiger partial charge in [-0.25, -0.2) is 0 Å². The largest absolute Gasteiger partial charge is 0.381 e. The smallest absolute Gasteiger partial charge is 0.0466 e. The van der Waals surface area contributed by atoms with Crippen LogP contribution in [0.25, 0.3) is 0 Å². The van der Waals surface area contributed by atoms with Gasteiger partial charge in [-0.3, -0.25) is 0 Å². The molecule has 0 saturated carbocycles. The van der Waals surface area contributed by atoms with E-state index < -0.39 is 0 Å². The van der Waals surface area contributed by atoms with Crippen LogP contribution in [0.15, 0.2) is 52.6 Å². The molecule has 33 heavy (non-hydrogen) atoms. The van der Waals surface area contributed by atoms with Crippen molar-refractivity contribution in [1.82, 2.24) is 0 Å². The molecule has 212 valence electrons. The summed E-state index contributed by atoms with van der Waals surface area (Å²) in [6.45, 7) is 36.6. The van der Waals surface area contributed by atoms with Crippen LogP contribution >= 0.6 is 0 Å². The molecule has 0 radical (unpaired) electrons. The summed E-state index contributed by atoms with van der Waals surface area (Å²) < 4.78 is 10.7. The molecular weight excluding hydrogens is 404 g/mol. The standard InChI is InChI=1S/C10H22O.C8H18O.4C2H4.5CH4/c1-3-5-7-8-10-11-9-6-4-2;1-3-5-7-9-8-6-4-2;4*1-2;;;;;/h3-10H2,1-2H3;3-8H2,1-2H3;4*1-2H2;5*1H4. The van der Waals surface area contributed by atoms with E-state index in [1.54, 1.807) is 0 Å². The average Bonchev–Trinajstić information content (AvgIpc) is 2.79. The highest BCUT2D eigenvalue weighted by molar-refractivity contribution is 4.39. The molecule has 0 aliphatic carbocycles. The average molecular weight is 481 g/mol. The summed E-state index contributed by atoms with van der Waals surface area (Å²) in [5.41, 5.74) is 0. The van der Waals surface area contributed by atoms with Crippen LogP contribution in [0.1, 0.15) is 129 Å². The Bertz CT molecular complexity index is 162. The van der Waals surface area contributed by atoms with Crippen LogP contribution in [0.3, 0.4) is 0 Å². The van der Waals surface area contributed by atoms with Gasteiger partial charge < -0.3 is 9.47 Å². The highest BCUT2D eigenvalue weighted by Crippen LogP contribution is 1.99. The molecule has 0 spiro atoms. The maximum absolute atomic E-state index is 5.42. The third kappa shape index (κ3) is 155. The number of rotatable bonds is 14. The maximum Gasteiger partial charge on any atom is 0.0466 e. The molecular formula is C31H76O2. The van der Waals surface area contributed by atoms with Gasteiger partial charge in [0.1, 0.15) is 0 Å². The van der Waals surface area contributed by atoms with Gasteiger partial charge in [0, 0.05) is 26.4 Å². The first-order chi connectivity index (χ1) is 13.8. The molecule has 0 aliphatic heterocycles. The molecule has 0 rings (SSSR count). The second kappa shape index (κ2) is 125. The minimum atomic E-state index is 0. The molecule has 0 aromatic rings. The lowest BCUT2D eigenvalue weighted by molar-refractivity contribution is 0.127. The van der Waals surface area contributed by atoms with Gasteiger partial charge >= 0.3 is 0 Å². The maximum atomic E-state index is 5.42. The molecule has 0 aromatic heterocycles. The monoisotopic (exact) mass is 481 g/mol. The Kier molecular flexibility index (Phi) is 263. The van der Waals surface area contributed by atoms with E-state index in [9.17, 15) is 0 Å². The Balaban J connectivity index is -0.0000000224. The van der Waals surface area contributed by atoms with E-state index in [1.165, 1.54) is 64.2 Å². The molecule has 0 fully saturated rings. The first-order valence-electron chi connectivity index (χ1n) is 11.0. The molecule has 0 unspecified atom stereocenters. The van der Waals surface area contributed by atoms with Crippen molar-refractivity contribution in [1.29, 1.82) is 0 Å². The van der Waals surface area contributed by atoms with Gasteiger partial charge in [0.05, 0.1) is 0 Å². The van der Waals surface area contributed by atoms with Crippen molar-refractivity contribution < 1.29 is 9.47 Å². The fourth-order valence-corrected chi connectivity index (χ4v) is 1.57. The van der Waals surface area contributed by atoms with Crippen LogP contribution in [0.2, 0.25) is 0 Å². The summed E-state index contributed by atoms with van der Waals surface area (Å²) in [5.74, 6) is 0. The van der Waals surface area contributed by atoms with Gasteiger partial charge in [0.25, 0.3) is 0 Å². The summed E-state index contributed by atoms with van der Waals surface area (Å²) in [7, 11) is 0. The molecule has 2 nitrogen and oxygen atoms in total. The molecule has 0 aromatic carbocycles. The quantitative estimate of drug-likeness (QED) is 0.182. The summed E-state index contributed by atoms with van der Waals surface area (Å²) in [4.78, 5) is 0. The van der Waals surface area contributed by atoms with Crippen molar-refractivity contribution in [2.75, 3.05) is 26.4 Å². The molecule has 0 N–H and O–H groups in total. The van der Waals surface area contributed by atoms with E-state index in [4.69, 9.17) is 9.47 Å². The first-order valence-corrected chi connectivity index (χ1v) is 11.0. The summed E-state index contributed by atoms with van der Waals surface area (Å²) >= 11 is 0. The van der Waals surface area contributed by atoms with Crippen LogP contribution < -0.4 is 0 Å². The number of ether oxygens (including phenoxy) is 2. The topological polar surface area (TPSA) is 18.5 Å². The minimum absolute atomic E-state index is 0. The Labute approximate surface area is 217 Å².